The molecule has 6 nitrogen and oxygen atoms in total. The van der Waals surface area contributed by atoms with Crippen LogP contribution in [0.15, 0.2) is 42.9 Å². The first-order valence-electron chi connectivity index (χ1n) is 12.0. The minimum absolute atomic E-state index is 0.214. The molecule has 0 radical (unpaired) electrons. The molecule has 1 aliphatic rings. The molecule has 0 amide bonds. The zero-order valence-corrected chi connectivity index (χ0v) is 15.1. The zero-order valence-electron chi connectivity index (χ0n) is 22.1. The normalized spacial score (nSPS) is 30.2. The summed E-state index contributed by atoms with van der Waals surface area (Å²) >= 11 is 0. The maximum absolute atomic E-state index is 12.9. The van der Waals surface area contributed by atoms with Crippen molar-refractivity contribution in [3.8, 4) is 11.1 Å². The molecule has 27 heavy (non-hydrogen) atoms. The van der Waals surface area contributed by atoms with Crippen molar-refractivity contribution in [2.24, 2.45) is 7.05 Å². The van der Waals surface area contributed by atoms with E-state index < -0.39 is 38.0 Å². The van der Waals surface area contributed by atoms with Gasteiger partial charge < -0.3 is 4.74 Å². The molecule has 1 unspecified atom stereocenters. The molecule has 0 bridgehead atoms. The van der Waals surface area contributed by atoms with Crippen LogP contribution in [0, 0.1) is 0 Å². The maximum Gasteiger partial charge on any atom is 0.152 e. The van der Waals surface area contributed by atoms with Crippen LogP contribution < -0.4 is 0 Å². The van der Waals surface area contributed by atoms with Crippen molar-refractivity contribution in [1.29, 1.82) is 0 Å². The highest BCUT2D eigenvalue weighted by molar-refractivity contribution is 5.88. The van der Waals surface area contributed by atoms with E-state index >= 15 is 0 Å². The number of benzene rings is 1. The van der Waals surface area contributed by atoms with E-state index in [1.165, 1.54) is 0 Å². The first-order valence-corrected chi connectivity index (χ1v) is 8.51. The van der Waals surface area contributed by atoms with E-state index in [1.54, 1.807) is 23.1 Å². The average molecular weight is 371 g/mol. The van der Waals surface area contributed by atoms with Crippen molar-refractivity contribution in [2.75, 3.05) is 26.1 Å². The second-order valence-corrected chi connectivity index (χ2v) is 6.43. The Balaban J connectivity index is 1.58. The third-order valence-corrected chi connectivity index (χ3v) is 4.21. The van der Waals surface area contributed by atoms with Gasteiger partial charge in [-0.25, -0.2) is 0 Å². The monoisotopic (exact) mass is 371 g/mol. The van der Waals surface area contributed by atoms with E-state index in [9.17, 15) is 4.79 Å². The number of ketones is 1. The predicted molar refractivity (Wildman–Crippen MR) is 105 cm³/mol. The van der Waals surface area contributed by atoms with Crippen LogP contribution in [0.3, 0.4) is 0 Å². The van der Waals surface area contributed by atoms with Crippen molar-refractivity contribution in [1.82, 2.24) is 19.7 Å². The lowest BCUT2D eigenvalue weighted by atomic mass is 10.0. The summed E-state index contributed by atoms with van der Waals surface area (Å²) in [5.41, 5.74) is 2.28. The van der Waals surface area contributed by atoms with Crippen LogP contribution in [0.25, 0.3) is 21.9 Å². The SMILES string of the molecule is [2H]C1([2H])OC([2H])(C)C([2H])([2H])N(CC(=O)Cc2cc3cc(-c4cnn(C)c4)ccc3cn2)C1([2H])[2H]. The summed E-state index contributed by atoms with van der Waals surface area (Å²) in [5, 5.41) is 5.88. The minimum Gasteiger partial charge on any atom is -0.376 e. The molecule has 3 heterocycles. The van der Waals surface area contributed by atoms with Crippen LogP contribution in [0.2, 0.25) is 0 Å². The van der Waals surface area contributed by atoms with Gasteiger partial charge in [-0.05, 0) is 30.0 Å². The van der Waals surface area contributed by atoms with Crippen LogP contribution in [0.5, 0.6) is 0 Å². The van der Waals surface area contributed by atoms with Gasteiger partial charge >= 0.3 is 0 Å². The Morgan fingerprint density at radius 2 is 2.22 bits per heavy atom. The van der Waals surface area contributed by atoms with Gasteiger partial charge in [0.05, 0.1) is 35.9 Å². The molecule has 1 aromatic carbocycles. The van der Waals surface area contributed by atoms with Crippen molar-refractivity contribution in [2.45, 2.75) is 19.4 Å². The summed E-state index contributed by atoms with van der Waals surface area (Å²) in [6, 6.07) is 7.54. The van der Waals surface area contributed by atoms with E-state index in [-0.39, 0.29) is 6.42 Å². The molecule has 0 N–H and O–H groups in total. The highest BCUT2D eigenvalue weighted by atomic mass is 16.5. The summed E-state index contributed by atoms with van der Waals surface area (Å²) in [5.74, 6) is -0.573. The Morgan fingerprint density at radius 3 is 3.04 bits per heavy atom. The third kappa shape index (κ3) is 4.23. The highest BCUT2D eigenvalue weighted by Gasteiger charge is 2.19. The Morgan fingerprint density at radius 1 is 1.33 bits per heavy atom. The average Bonchev–Trinajstić information content (AvgIpc) is 3.16. The predicted octanol–water partition coefficient (Wildman–Crippen LogP) is 2.47. The third-order valence-electron chi connectivity index (χ3n) is 4.21. The van der Waals surface area contributed by atoms with Gasteiger partial charge in [0.1, 0.15) is 0 Å². The van der Waals surface area contributed by atoms with Gasteiger partial charge in [-0.3, -0.25) is 19.4 Å². The Labute approximate surface area is 168 Å². The molecule has 0 aliphatic carbocycles. The molecular weight excluding hydrogens is 340 g/mol. The van der Waals surface area contributed by atoms with Gasteiger partial charge in [0.2, 0.25) is 0 Å². The second kappa shape index (κ2) is 7.58. The highest BCUT2D eigenvalue weighted by Crippen LogP contribution is 2.24. The second-order valence-electron chi connectivity index (χ2n) is 6.43. The van der Waals surface area contributed by atoms with E-state index in [2.05, 4.69) is 10.1 Å². The Kier molecular flexibility index (Phi) is 3.18. The van der Waals surface area contributed by atoms with E-state index in [0.717, 1.165) is 28.8 Å². The molecule has 1 saturated heterocycles. The molecule has 1 aliphatic heterocycles. The largest absolute Gasteiger partial charge is 0.376 e. The zero-order chi connectivity index (χ0) is 25.1. The number of morpholine rings is 1. The smallest absolute Gasteiger partial charge is 0.152 e. The van der Waals surface area contributed by atoms with Crippen LogP contribution in [0.1, 0.15) is 22.2 Å². The van der Waals surface area contributed by atoms with Crippen molar-refractivity contribution in [3.05, 3.63) is 48.5 Å². The first-order chi connectivity index (χ1) is 15.6. The van der Waals surface area contributed by atoms with E-state index in [0.29, 0.717) is 10.6 Å². The standard InChI is InChI=1S/C21H24N4O2/c1-15-12-25(5-6-27-15)14-21(26)9-20-8-18-7-16(3-4-17(18)10-22-20)19-11-23-24(2)13-19/h3-4,7-8,10-11,13,15H,5-6,9,12,14H2,1-2H3/i5D2,6D2,12D2,15D. The first kappa shape index (κ1) is 11.3. The number of carbonyl (C=O) groups excluding carboxylic acids is 1. The number of carbonyl (C=O) groups is 1. The molecule has 4 rings (SSSR count). The fraction of sp³-hybridized carbons (Fsp3) is 0.381. The Hall–Kier alpha value is -2.57. The van der Waals surface area contributed by atoms with Crippen molar-refractivity contribution in [3.63, 3.8) is 0 Å². The molecule has 0 saturated carbocycles. The van der Waals surface area contributed by atoms with Crippen LogP contribution in [0.4, 0.5) is 0 Å². The number of ether oxygens (including phenoxy) is 1. The lowest BCUT2D eigenvalue weighted by molar-refractivity contribution is -0.121. The number of fused-ring (bicyclic) bond motifs is 1. The molecule has 1 atom stereocenters. The number of aromatic nitrogens is 3. The van der Waals surface area contributed by atoms with Gasteiger partial charge in [0.25, 0.3) is 0 Å². The maximum atomic E-state index is 12.9. The number of rotatable bonds is 5. The van der Waals surface area contributed by atoms with Gasteiger partial charge in [0.15, 0.2) is 5.78 Å². The molecule has 6 heteroatoms. The summed E-state index contributed by atoms with van der Waals surface area (Å²) < 4.78 is 62.9. The van der Waals surface area contributed by atoms with E-state index in [4.69, 9.17) is 14.3 Å². The molecule has 3 aromatic rings. The molecule has 1 fully saturated rings. The van der Waals surface area contributed by atoms with Crippen molar-refractivity contribution >= 4 is 16.6 Å². The van der Waals surface area contributed by atoms with Crippen LogP contribution in [-0.2, 0) is 23.0 Å². The van der Waals surface area contributed by atoms with Crippen LogP contribution >= 0.6 is 0 Å². The quantitative estimate of drug-likeness (QED) is 0.690. The molecule has 2 aromatic heterocycles. The summed E-state index contributed by atoms with van der Waals surface area (Å²) in [4.78, 5) is 17.6. The number of Topliss-reactive ketones (excluding diaryl/α,β-unsaturated/α-hetero) is 1. The summed E-state index contributed by atoms with van der Waals surface area (Å²) in [6.07, 6.45) is 2.60. The number of hydrogen-bond acceptors (Lipinski definition) is 5. The van der Waals surface area contributed by atoms with Gasteiger partial charge in [-0.1, -0.05) is 12.1 Å². The van der Waals surface area contributed by atoms with Gasteiger partial charge in [-0.15, -0.1) is 0 Å². The number of aryl methyl sites for hydroxylation is 1. The fourth-order valence-electron chi connectivity index (χ4n) is 2.94. The van der Waals surface area contributed by atoms with E-state index in [1.807, 2.05) is 31.4 Å². The van der Waals surface area contributed by atoms with Crippen molar-refractivity contribution < 1.29 is 19.1 Å². The van der Waals surface area contributed by atoms with Gasteiger partial charge in [-0.2, -0.15) is 5.10 Å². The minimum atomic E-state index is -3.00. The molecular formula is C21H24N4O2. The number of hydrogen-bond donors (Lipinski definition) is 0. The van der Waals surface area contributed by atoms with Gasteiger partial charge in [0, 0.05) is 54.6 Å². The lowest BCUT2D eigenvalue weighted by Crippen LogP contribution is -2.43. The number of pyridine rings is 1. The molecule has 140 valence electrons. The Bertz CT molecular complexity index is 1230. The summed E-state index contributed by atoms with van der Waals surface area (Å²) in [7, 11) is 1.83. The van der Waals surface area contributed by atoms with Crippen LogP contribution in [-0.4, -0.2) is 57.6 Å². The lowest BCUT2D eigenvalue weighted by Gasteiger charge is -2.30. The molecule has 0 spiro atoms. The summed E-state index contributed by atoms with van der Waals surface area (Å²) in [6.45, 7) is -8.51. The topological polar surface area (TPSA) is 60.2 Å². The fourth-order valence-corrected chi connectivity index (χ4v) is 2.94. The number of nitrogens with zero attached hydrogens (tertiary/aromatic N) is 4.